The maximum Gasteiger partial charge on any atom is 0.230 e. The van der Waals surface area contributed by atoms with Gasteiger partial charge in [-0.15, -0.1) is 11.8 Å². The van der Waals surface area contributed by atoms with Gasteiger partial charge < -0.3 is 10.1 Å². The minimum atomic E-state index is -0.523. The summed E-state index contributed by atoms with van der Waals surface area (Å²) >= 11 is 0.988. The van der Waals surface area contributed by atoms with E-state index in [-0.39, 0.29) is 16.6 Å². The first kappa shape index (κ1) is 19.8. The third-order valence-electron chi connectivity index (χ3n) is 4.34. The third kappa shape index (κ3) is 6.02. The highest BCUT2D eigenvalue weighted by atomic mass is 32.2. The van der Waals surface area contributed by atoms with Gasteiger partial charge in [-0.1, -0.05) is 24.3 Å². The zero-order chi connectivity index (χ0) is 19.1. The summed E-state index contributed by atoms with van der Waals surface area (Å²) in [6.45, 7) is 4.51. The molecule has 1 aliphatic rings. The number of carbonyl (C=O) groups is 1. The molecule has 0 unspecified atom stereocenters. The lowest BCUT2D eigenvalue weighted by Crippen LogP contribution is -2.36. The largest absolute Gasteiger partial charge is 0.379 e. The molecule has 1 heterocycles. The van der Waals surface area contributed by atoms with Crippen molar-refractivity contribution in [3.05, 3.63) is 65.2 Å². The van der Waals surface area contributed by atoms with Gasteiger partial charge in [-0.25, -0.2) is 8.78 Å². The van der Waals surface area contributed by atoms with E-state index in [0.29, 0.717) is 6.54 Å². The fraction of sp³-hybridized carbons (Fsp3) is 0.350. The van der Waals surface area contributed by atoms with Crippen LogP contribution in [-0.4, -0.2) is 42.9 Å². The van der Waals surface area contributed by atoms with E-state index in [1.807, 2.05) is 18.2 Å². The van der Waals surface area contributed by atoms with E-state index in [0.717, 1.165) is 68.4 Å². The Kier molecular flexibility index (Phi) is 7.20. The van der Waals surface area contributed by atoms with Crippen LogP contribution in [0, 0.1) is 11.6 Å². The van der Waals surface area contributed by atoms with Crippen LogP contribution < -0.4 is 5.32 Å². The molecule has 1 saturated heterocycles. The van der Waals surface area contributed by atoms with Crippen molar-refractivity contribution < 1.29 is 18.3 Å². The van der Waals surface area contributed by atoms with Gasteiger partial charge in [-0.05, 0) is 29.3 Å². The first-order valence-corrected chi connectivity index (χ1v) is 9.82. The third-order valence-corrected chi connectivity index (χ3v) is 5.37. The number of hydrogen-bond acceptors (Lipinski definition) is 4. The maximum atomic E-state index is 13.6. The first-order valence-electron chi connectivity index (χ1n) is 8.83. The minimum Gasteiger partial charge on any atom is -0.379 e. The van der Waals surface area contributed by atoms with E-state index in [9.17, 15) is 13.6 Å². The van der Waals surface area contributed by atoms with E-state index >= 15 is 0 Å². The van der Waals surface area contributed by atoms with E-state index in [1.165, 1.54) is 5.56 Å². The van der Waals surface area contributed by atoms with Crippen LogP contribution in [0.5, 0.6) is 0 Å². The Hall–Kier alpha value is -1.96. The zero-order valence-corrected chi connectivity index (χ0v) is 15.7. The number of halogens is 2. The van der Waals surface area contributed by atoms with Crippen LogP contribution in [0.25, 0.3) is 0 Å². The molecule has 3 rings (SSSR count). The molecule has 0 saturated carbocycles. The number of morpholine rings is 1. The lowest BCUT2D eigenvalue weighted by atomic mass is 10.1. The summed E-state index contributed by atoms with van der Waals surface area (Å²) in [4.78, 5) is 14.6. The van der Waals surface area contributed by atoms with Crippen molar-refractivity contribution in [3.8, 4) is 0 Å². The summed E-state index contributed by atoms with van der Waals surface area (Å²) in [6, 6.07) is 11.2. The summed E-state index contributed by atoms with van der Waals surface area (Å²) in [5, 5.41) is 2.86. The average Bonchev–Trinajstić information content (AvgIpc) is 2.69. The summed E-state index contributed by atoms with van der Waals surface area (Å²) in [5.74, 6) is -1.22. The summed E-state index contributed by atoms with van der Waals surface area (Å²) < 4.78 is 32.2. The molecule has 0 spiro atoms. The Morgan fingerprint density at radius 2 is 1.85 bits per heavy atom. The van der Waals surface area contributed by atoms with Crippen LogP contribution in [0.4, 0.5) is 8.78 Å². The van der Waals surface area contributed by atoms with E-state index in [2.05, 4.69) is 16.3 Å². The Morgan fingerprint density at radius 3 is 2.63 bits per heavy atom. The molecule has 1 fully saturated rings. The highest BCUT2D eigenvalue weighted by Crippen LogP contribution is 2.22. The Bertz CT molecular complexity index is 782. The quantitative estimate of drug-likeness (QED) is 0.735. The van der Waals surface area contributed by atoms with Crippen LogP contribution in [0.2, 0.25) is 0 Å². The molecule has 0 aromatic heterocycles. The Balaban J connectivity index is 1.52. The molecule has 1 N–H and O–H groups in total. The van der Waals surface area contributed by atoms with Gasteiger partial charge in [0.2, 0.25) is 5.91 Å². The van der Waals surface area contributed by atoms with E-state index in [4.69, 9.17) is 4.74 Å². The van der Waals surface area contributed by atoms with Crippen LogP contribution >= 0.6 is 11.8 Å². The minimum absolute atomic E-state index is 0.0337. The SMILES string of the molecule is O=C(CSc1cc(F)ccc1F)NCc1ccccc1CN1CCOCC1. The van der Waals surface area contributed by atoms with Crippen molar-refractivity contribution >= 4 is 17.7 Å². The topological polar surface area (TPSA) is 41.6 Å². The highest BCUT2D eigenvalue weighted by molar-refractivity contribution is 8.00. The molecule has 27 heavy (non-hydrogen) atoms. The summed E-state index contributed by atoms with van der Waals surface area (Å²) in [6.07, 6.45) is 0. The number of ether oxygens (including phenoxy) is 1. The molecule has 2 aromatic rings. The van der Waals surface area contributed by atoms with Gasteiger partial charge in [0, 0.05) is 31.1 Å². The molecule has 1 aliphatic heterocycles. The Morgan fingerprint density at radius 1 is 1.11 bits per heavy atom. The maximum absolute atomic E-state index is 13.6. The highest BCUT2D eigenvalue weighted by Gasteiger charge is 2.13. The molecule has 7 heteroatoms. The van der Waals surface area contributed by atoms with Gasteiger partial charge in [0.15, 0.2) is 0 Å². The molecule has 1 amide bonds. The number of nitrogens with one attached hydrogen (secondary N) is 1. The predicted molar refractivity (Wildman–Crippen MR) is 101 cm³/mol. The Labute approximate surface area is 161 Å². The molecular formula is C20H22F2N2O2S. The van der Waals surface area contributed by atoms with Crippen LogP contribution in [-0.2, 0) is 22.6 Å². The second kappa shape index (κ2) is 9.82. The number of nitrogens with zero attached hydrogens (tertiary/aromatic N) is 1. The van der Waals surface area contributed by atoms with E-state index in [1.54, 1.807) is 0 Å². The molecule has 0 atom stereocenters. The van der Waals surface area contributed by atoms with E-state index < -0.39 is 11.6 Å². The summed E-state index contributed by atoms with van der Waals surface area (Å²) in [7, 11) is 0. The molecule has 2 aromatic carbocycles. The molecule has 4 nitrogen and oxygen atoms in total. The van der Waals surface area contributed by atoms with Gasteiger partial charge in [0.05, 0.1) is 19.0 Å². The van der Waals surface area contributed by atoms with Gasteiger partial charge in [0.25, 0.3) is 0 Å². The van der Waals surface area contributed by atoms with Gasteiger partial charge in [-0.2, -0.15) is 0 Å². The lowest BCUT2D eigenvalue weighted by molar-refractivity contribution is -0.118. The number of hydrogen-bond donors (Lipinski definition) is 1. The molecular weight excluding hydrogens is 370 g/mol. The number of benzene rings is 2. The molecule has 0 radical (unpaired) electrons. The predicted octanol–water partition coefficient (Wildman–Crippen LogP) is 3.21. The average molecular weight is 392 g/mol. The van der Waals surface area contributed by atoms with Crippen molar-refractivity contribution in [3.63, 3.8) is 0 Å². The van der Waals surface area contributed by atoms with Gasteiger partial charge in [-0.3, -0.25) is 9.69 Å². The number of thioether (sulfide) groups is 1. The number of amides is 1. The molecule has 0 aliphatic carbocycles. The first-order chi connectivity index (χ1) is 13.1. The standard InChI is InChI=1S/C20H22F2N2O2S/c21-17-5-6-18(22)19(11-17)27-14-20(25)23-12-15-3-1-2-4-16(15)13-24-7-9-26-10-8-24/h1-6,11H,7-10,12-14H2,(H,23,25). The number of rotatable bonds is 7. The fourth-order valence-corrected chi connectivity index (χ4v) is 3.65. The normalized spacial score (nSPS) is 14.9. The van der Waals surface area contributed by atoms with Crippen LogP contribution in [0.3, 0.4) is 0 Å². The zero-order valence-electron chi connectivity index (χ0n) is 14.9. The van der Waals surface area contributed by atoms with Crippen molar-refractivity contribution in [1.82, 2.24) is 10.2 Å². The smallest absolute Gasteiger partial charge is 0.230 e. The summed E-state index contributed by atoms with van der Waals surface area (Å²) in [5.41, 5.74) is 2.22. The second-order valence-corrected chi connectivity index (χ2v) is 7.31. The second-order valence-electron chi connectivity index (χ2n) is 6.30. The van der Waals surface area contributed by atoms with Crippen LogP contribution in [0.15, 0.2) is 47.4 Å². The van der Waals surface area contributed by atoms with Crippen molar-refractivity contribution in [2.45, 2.75) is 18.0 Å². The monoisotopic (exact) mass is 392 g/mol. The van der Waals surface area contributed by atoms with Crippen molar-refractivity contribution in [2.75, 3.05) is 32.1 Å². The van der Waals surface area contributed by atoms with Crippen molar-refractivity contribution in [1.29, 1.82) is 0 Å². The van der Waals surface area contributed by atoms with Gasteiger partial charge in [0.1, 0.15) is 11.6 Å². The van der Waals surface area contributed by atoms with Crippen LogP contribution in [0.1, 0.15) is 11.1 Å². The molecule has 0 bridgehead atoms. The van der Waals surface area contributed by atoms with Crippen molar-refractivity contribution in [2.24, 2.45) is 0 Å². The fourth-order valence-electron chi connectivity index (χ4n) is 2.86. The lowest BCUT2D eigenvalue weighted by Gasteiger charge is -2.27. The molecule has 144 valence electrons. The van der Waals surface area contributed by atoms with Gasteiger partial charge >= 0.3 is 0 Å². The number of carbonyl (C=O) groups excluding carboxylic acids is 1.